The lowest BCUT2D eigenvalue weighted by molar-refractivity contribution is -0.131. The third-order valence-electron chi connectivity index (χ3n) is 2.99. The monoisotopic (exact) mass is 301 g/mol. The van der Waals surface area contributed by atoms with Gasteiger partial charge in [0.2, 0.25) is 0 Å². The average molecular weight is 301 g/mol. The number of thiophene rings is 1. The maximum atomic E-state index is 12.0. The van der Waals surface area contributed by atoms with E-state index >= 15 is 0 Å². The molecule has 5 heteroatoms. The highest BCUT2D eigenvalue weighted by Gasteiger charge is 2.06. The molecule has 1 aromatic carbocycles. The predicted octanol–water partition coefficient (Wildman–Crippen LogP) is 3.08. The fraction of sp³-hybridized carbons (Fsp3) is 0.125. The molecule has 0 atom stereocenters. The summed E-state index contributed by atoms with van der Waals surface area (Å²) < 4.78 is 0. The molecule has 1 aromatic heterocycles. The standard InChI is InChI=1S/C16H15NO3S/c1-11-9-21-10-14(11)8-17-16(20)13-5-2-12(3-6-13)4-7-15(18)19/h2-7,9-10H,8H2,1H3,(H,17,20)(H,18,19)/b7-4+. The summed E-state index contributed by atoms with van der Waals surface area (Å²) in [5.74, 6) is -1.14. The fourth-order valence-corrected chi connectivity index (χ4v) is 2.62. The van der Waals surface area contributed by atoms with Crippen LogP contribution in [0.3, 0.4) is 0 Å². The van der Waals surface area contributed by atoms with E-state index in [-0.39, 0.29) is 5.91 Å². The molecular weight excluding hydrogens is 286 g/mol. The zero-order chi connectivity index (χ0) is 15.2. The van der Waals surface area contributed by atoms with Crippen LogP contribution in [-0.2, 0) is 11.3 Å². The number of aliphatic carboxylic acids is 1. The van der Waals surface area contributed by atoms with E-state index < -0.39 is 5.97 Å². The molecule has 0 aliphatic rings. The van der Waals surface area contributed by atoms with Gasteiger partial charge in [-0.05, 0) is 52.6 Å². The van der Waals surface area contributed by atoms with Crippen molar-refractivity contribution in [2.75, 3.05) is 0 Å². The van der Waals surface area contributed by atoms with Gasteiger partial charge < -0.3 is 10.4 Å². The van der Waals surface area contributed by atoms with Crippen molar-refractivity contribution in [3.63, 3.8) is 0 Å². The second kappa shape index (κ2) is 6.85. The van der Waals surface area contributed by atoms with Crippen molar-refractivity contribution in [3.8, 4) is 0 Å². The van der Waals surface area contributed by atoms with Gasteiger partial charge in [0.25, 0.3) is 5.91 Å². The molecule has 21 heavy (non-hydrogen) atoms. The summed E-state index contributed by atoms with van der Waals surface area (Å²) in [4.78, 5) is 22.4. The highest BCUT2D eigenvalue weighted by molar-refractivity contribution is 7.08. The highest BCUT2D eigenvalue weighted by Crippen LogP contribution is 2.13. The molecule has 0 bridgehead atoms. The minimum atomic E-state index is -0.997. The largest absolute Gasteiger partial charge is 0.478 e. The summed E-state index contributed by atoms with van der Waals surface area (Å²) in [5.41, 5.74) is 3.59. The average Bonchev–Trinajstić information content (AvgIpc) is 2.88. The molecule has 0 saturated carbocycles. The number of carbonyl (C=O) groups excluding carboxylic acids is 1. The Bertz CT molecular complexity index is 671. The Morgan fingerprint density at radius 1 is 1.24 bits per heavy atom. The van der Waals surface area contributed by atoms with Crippen LogP contribution in [-0.4, -0.2) is 17.0 Å². The lowest BCUT2D eigenvalue weighted by atomic mass is 10.1. The van der Waals surface area contributed by atoms with E-state index in [1.54, 1.807) is 35.6 Å². The van der Waals surface area contributed by atoms with Gasteiger partial charge in [0.1, 0.15) is 0 Å². The maximum Gasteiger partial charge on any atom is 0.328 e. The smallest absolute Gasteiger partial charge is 0.328 e. The van der Waals surface area contributed by atoms with Gasteiger partial charge in [0.05, 0.1) is 0 Å². The van der Waals surface area contributed by atoms with Crippen molar-refractivity contribution in [1.29, 1.82) is 0 Å². The minimum absolute atomic E-state index is 0.144. The number of rotatable bonds is 5. The van der Waals surface area contributed by atoms with Crippen LogP contribution >= 0.6 is 11.3 Å². The first-order chi connectivity index (χ1) is 10.1. The lowest BCUT2D eigenvalue weighted by Crippen LogP contribution is -2.22. The lowest BCUT2D eigenvalue weighted by Gasteiger charge is -2.05. The third-order valence-corrected chi connectivity index (χ3v) is 3.90. The van der Waals surface area contributed by atoms with Crippen LogP contribution in [0.15, 0.2) is 41.1 Å². The van der Waals surface area contributed by atoms with E-state index in [2.05, 4.69) is 5.32 Å². The quantitative estimate of drug-likeness (QED) is 0.834. The SMILES string of the molecule is Cc1cscc1CNC(=O)c1ccc(/C=C/C(=O)O)cc1. The highest BCUT2D eigenvalue weighted by atomic mass is 32.1. The van der Waals surface area contributed by atoms with E-state index in [0.717, 1.165) is 17.2 Å². The Hall–Kier alpha value is -2.40. The van der Waals surface area contributed by atoms with Crippen molar-refractivity contribution < 1.29 is 14.7 Å². The minimum Gasteiger partial charge on any atom is -0.478 e. The van der Waals surface area contributed by atoms with Gasteiger partial charge >= 0.3 is 5.97 Å². The molecule has 108 valence electrons. The fourth-order valence-electron chi connectivity index (χ4n) is 1.76. The number of aryl methyl sites for hydroxylation is 1. The summed E-state index contributed by atoms with van der Waals surface area (Å²) in [7, 11) is 0. The van der Waals surface area contributed by atoms with E-state index in [1.165, 1.54) is 11.6 Å². The zero-order valence-electron chi connectivity index (χ0n) is 11.5. The van der Waals surface area contributed by atoms with Gasteiger partial charge in [-0.15, -0.1) is 0 Å². The Balaban J connectivity index is 1.97. The summed E-state index contributed by atoms with van der Waals surface area (Å²) in [5, 5.41) is 15.5. The van der Waals surface area contributed by atoms with E-state index in [9.17, 15) is 9.59 Å². The molecule has 2 rings (SSSR count). The van der Waals surface area contributed by atoms with E-state index in [1.807, 2.05) is 17.7 Å². The Labute approximate surface area is 126 Å². The number of carboxylic acid groups (broad SMARTS) is 1. The molecule has 1 heterocycles. The number of amides is 1. The van der Waals surface area contributed by atoms with Crippen LogP contribution < -0.4 is 5.32 Å². The second-order valence-electron chi connectivity index (χ2n) is 4.56. The molecule has 4 nitrogen and oxygen atoms in total. The van der Waals surface area contributed by atoms with Crippen molar-refractivity contribution in [1.82, 2.24) is 5.32 Å². The van der Waals surface area contributed by atoms with Gasteiger partial charge in [-0.1, -0.05) is 12.1 Å². The van der Waals surface area contributed by atoms with Crippen LogP contribution in [0.1, 0.15) is 27.0 Å². The third kappa shape index (κ3) is 4.29. The van der Waals surface area contributed by atoms with Crippen molar-refractivity contribution in [2.45, 2.75) is 13.5 Å². The number of hydrogen-bond acceptors (Lipinski definition) is 3. The van der Waals surface area contributed by atoms with Crippen LogP contribution in [0.25, 0.3) is 6.08 Å². The maximum absolute atomic E-state index is 12.0. The molecule has 0 spiro atoms. The normalized spacial score (nSPS) is 10.7. The summed E-state index contributed by atoms with van der Waals surface area (Å²) in [6.07, 6.45) is 2.55. The van der Waals surface area contributed by atoms with Crippen molar-refractivity contribution in [2.24, 2.45) is 0 Å². The number of hydrogen-bond donors (Lipinski definition) is 2. The number of nitrogens with one attached hydrogen (secondary N) is 1. The van der Waals surface area contributed by atoms with Crippen LogP contribution in [0.5, 0.6) is 0 Å². The number of carbonyl (C=O) groups is 2. The van der Waals surface area contributed by atoms with E-state index in [0.29, 0.717) is 12.1 Å². The summed E-state index contributed by atoms with van der Waals surface area (Å²) >= 11 is 1.62. The Kier molecular flexibility index (Phi) is 4.90. The van der Waals surface area contributed by atoms with Crippen LogP contribution in [0.4, 0.5) is 0 Å². The molecule has 0 aliphatic heterocycles. The first-order valence-corrected chi connectivity index (χ1v) is 7.31. The summed E-state index contributed by atoms with van der Waals surface area (Å²) in [6, 6.07) is 6.78. The molecule has 0 saturated heterocycles. The summed E-state index contributed by atoms with van der Waals surface area (Å²) in [6.45, 7) is 2.52. The Morgan fingerprint density at radius 3 is 2.52 bits per heavy atom. The zero-order valence-corrected chi connectivity index (χ0v) is 12.3. The van der Waals surface area contributed by atoms with Gasteiger partial charge in [0, 0.05) is 18.2 Å². The molecule has 0 fully saturated rings. The van der Waals surface area contributed by atoms with Crippen LogP contribution in [0, 0.1) is 6.92 Å². The van der Waals surface area contributed by atoms with Gasteiger partial charge in [-0.2, -0.15) is 11.3 Å². The second-order valence-corrected chi connectivity index (χ2v) is 5.30. The van der Waals surface area contributed by atoms with Crippen LogP contribution in [0.2, 0.25) is 0 Å². The molecule has 0 radical (unpaired) electrons. The first kappa shape index (κ1) is 15.0. The molecular formula is C16H15NO3S. The first-order valence-electron chi connectivity index (χ1n) is 6.37. The molecule has 0 unspecified atom stereocenters. The number of benzene rings is 1. The predicted molar refractivity (Wildman–Crippen MR) is 83.3 cm³/mol. The molecule has 2 aromatic rings. The van der Waals surface area contributed by atoms with Crippen molar-refractivity contribution >= 4 is 29.3 Å². The van der Waals surface area contributed by atoms with E-state index in [4.69, 9.17) is 5.11 Å². The van der Waals surface area contributed by atoms with Gasteiger partial charge in [-0.25, -0.2) is 4.79 Å². The molecule has 1 amide bonds. The van der Waals surface area contributed by atoms with Gasteiger partial charge in [0.15, 0.2) is 0 Å². The molecule has 0 aliphatic carbocycles. The number of carboxylic acids is 1. The Morgan fingerprint density at radius 2 is 1.95 bits per heavy atom. The van der Waals surface area contributed by atoms with Crippen molar-refractivity contribution in [3.05, 3.63) is 63.4 Å². The van der Waals surface area contributed by atoms with Gasteiger partial charge in [-0.3, -0.25) is 4.79 Å². The topological polar surface area (TPSA) is 66.4 Å². The molecule has 2 N–H and O–H groups in total.